The van der Waals surface area contributed by atoms with Crippen LogP contribution in [0.1, 0.15) is 59.3 Å². The summed E-state index contributed by atoms with van der Waals surface area (Å²) in [7, 11) is 0. The first-order valence-electron chi connectivity index (χ1n) is 13.4. The van der Waals surface area contributed by atoms with Gasteiger partial charge in [0.25, 0.3) is 5.91 Å². The van der Waals surface area contributed by atoms with Crippen LogP contribution < -0.4 is 10.6 Å². The Morgan fingerprint density at radius 3 is 2.26 bits per heavy atom. The first-order chi connectivity index (χ1) is 18.8. The van der Waals surface area contributed by atoms with Crippen molar-refractivity contribution in [3.8, 4) is 0 Å². The maximum atomic E-state index is 13.9. The molecule has 39 heavy (non-hydrogen) atoms. The van der Waals surface area contributed by atoms with Crippen LogP contribution in [0.4, 0.5) is 18.9 Å². The Balaban J connectivity index is 1.19. The summed E-state index contributed by atoms with van der Waals surface area (Å²) in [6, 6.07) is 12.2. The molecule has 1 aromatic heterocycles. The molecule has 2 aromatic carbocycles. The Kier molecular flexibility index (Phi) is 7.97. The van der Waals surface area contributed by atoms with E-state index < -0.39 is 40.9 Å². The maximum Gasteiger partial charge on any atom is 0.253 e. The van der Waals surface area contributed by atoms with Crippen molar-refractivity contribution in [2.24, 2.45) is 0 Å². The van der Waals surface area contributed by atoms with E-state index in [-0.39, 0.29) is 5.91 Å². The van der Waals surface area contributed by atoms with Gasteiger partial charge in [0.05, 0.1) is 17.5 Å². The number of carbonyl (C=O) groups excluding carboxylic acids is 2. The average Bonchev–Trinajstić information content (AvgIpc) is 3.44. The van der Waals surface area contributed by atoms with E-state index in [4.69, 9.17) is 0 Å². The van der Waals surface area contributed by atoms with Crippen LogP contribution >= 0.6 is 0 Å². The van der Waals surface area contributed by atoms with Gasteiger partial charge in [0.15, 0.2) is 11.6 Å². The van der Waals surface area contributed by atoms with Crippen molar-refractivity contribution in [2.75, 3.05) is 25.0 Å². The molecule has 1 saturated heterocycles. The molecular weight excluding hydrogens is 505 g/mol. The molecule has 0 bridgehead atoms. The maximum absolute atomic E-state index is 13.9. The van der Waals surface area contributed by atoms with E-state index in [1.54, 1.807) is 18.3 Å². The third kappa shape index (κ3) is 6.14. The molecule has 0 atom stereocenters. The summed E-state index contributed by atoms with van der Waals surface area (Å²) in [5.41, 5.74) is 1.67. The number of nitrogens with zero attached hydrogens (tertiary/aromatic N) is 2. The minimum absolute atomic E-state index is 0.190. The van der Waals surface area contributed by atoms with Gasteiger partial charge in [-0.25, -0.2) is 13.2 Å². The van der Waals surface area contributed by atoms with Crippen LogP contribution in [-0.2, 0) is 23.2 Å². The second-order valence-electron chi connectivity index (χ2n) is 10.4. The minimum atomic E-state index is -1.37. The van der Waals surface area contributed by atoms with E-state index in [0.717, 1.165) is 62.6 Å². The molecule has 0 radical (unpaired) electrons. The molecule has 1 aliphatic heterocycles. The summed E-state index contributed by atoms with van der Waals surface area (Å²) in [6.07, 6.45) is 6.90. The zero-order chi connectivity index (χ0) is 27.4. The molecule has 2 amide bonds. The number of likely N-dealkylation sites (tertiary alicyclic amines) is 1. The zero-order valence-electron chi connectivity index (χ0n) is 21.6. The lowest BCUT2D eigenvalue weighted by Gasteiger charge is -2.43. The monoisotopic (exact) mass is 536 g/mol. The highest BCUT2D eigenvalue weighted by Gasteiger charge is 2.40. The fourth-order valence-corrected chi connectivity index (χ4v) is 5.26. The van der Waals surface area contributed by atoms with E-state index in [9.17, 15) is 22.8 Å². The quantitative estimate of drug-likeness (QED) is 0.372. The molecule has 2 aliphatic rings. The molecule has 204 valence electrons. The summed E-state index contributed by atoms with van der Waals surface area (Å²) < 4.78 is 41.2. The predicted molar refractivity (Wildman–Crippen MR) is 142 cm³/mol. The molecule has 5 rings (SSSR count). The van der Waals surface area contributed by atoms with E-state index in [2.05, 4.69) is 20.5 Å². The fourth-order valence-electron chi connectivity index (χ4n) is 5.26. The van der Waals surface area contributed by atoms with Crippen molar-refractivity contribution in [2.45, 2.75) is 50.5 Å². The second-order valence-corrected chi connectivity index (χ2v) is 10.4. The molecule has 9 heteroatoms. The molecule has 0 spiro atoms. The Morgan fingerprint density at radius 1 is 0.897 bits per heavy atom. The van der Waals surface area contributed by atoms with Gasteiger partial charge in [-0.15, -0.1) is 0 Å². The van der Waals surface area contributed by atoms with Gasteiger partial charge < -0.3 is 15.5 Å². The molecule has 3 aromatic rings. The van der Waals surface area contributed by atoms with Gasteiger partial charge in [0.1, 0.15) is 5.82 Å². The number of anilines is 1. The third-order valence-electron chi connectivity index (χ3n) is 7.73. The van der Waals surface area contributed by atoms with Gasteiger partial charge in [-0.1, -0.05) is 12.1 Å². The van der Waals surface area contributed by atoms with E-state index >= 15 is 0 Å². The number of carbonyl (C=O) groups is 2. The van der Waals surface area contributed by atoms with Gasteiger partial charge in [-0.2, -0.15) is 0 Å². The van der Waals surface area contributed by atoms with Crippen LogP contribution in [-0.4, -0.2) is 41.3 Å². The van der Waals surface area contributed by atoms with Crippen LogP contribution in [0.5, 0.6) is 0 Å². The highest BCUT2D eigenvalue weighted by atomic mass is 19.2. The molecular formula is C30H31F3N4O2. The number of hydrogen-bond acceptors (Lipinski definition) is 4. The number of amides is 2. The summed E-state index contributed by atoms with van der Waals surface area (Å²) in [5.74, 6) is -4.41. The SMILES string of the molecule is O=C(Cc1c(F)ccc(F)c1F)Nc1ccc(C2(NC(=O)c3ccc(CCN4CCCC4)nc3)CCC2)cc1. The Bertz CT molecular complexity index is 1340. The average molecular weight is 537 g/mol. The lowest BCUT2D eigenvalue weighted by molar-refractivity contribution is -0.115. The first kappa shape index (κ1) is 26.9. The number of hydrogen-bond donors (Lipinski definition) is 2. The zero-order valence-corrected chi connectivity index (χ0v) is 21.6. The number of benzene rings is 2. The molecule has 2 fully saturated rings. The van der Waals surface area contributed by atoms with Crippen LogP contribution in [0.2, 0.25) is 0 Å². The topological polar surface area (TPSA) is 74.3 Å². The smallest absolute Gasteiger partial charge is 0.253 e. The minimum Gasteiger partial charge on any atom is -0.342 e. The highest BCUT2D eigenvalue weighted by Crippen LogP contribution is 2.41. The standard InChI is InChI=1S/C30H31F3N4O2/c31-25-10-11-26(32)28(33)24(25)18-27(38)35-23-8-5-21(6-9-23)30(13-3-14-30)36-29(39)20-4-7-22(34-19-20)12-17-37-15-1-2-16-37/h4-11,19H,1-3,12-18H2,(H,35,38)(H,36,39). The molecule has 6 nitrogen and oxygen atoms in total. The van der Waals surface area contributed by atoms with Gasteiger partial charge in [-0.05, 0) is 87.2 Å². The number of rotatable bonds is 9. The van der Waals surface area contributed by atoms with Crippen molar-refractivity contribution in [1.82, 2.24) is 15.2 Å². The molecule has 2 heterocycles. The van der Waals surface area contributed by atoms with Crippen molar-refractivity contribution < 1.29 is 22.8 Å². The van der Waals surface area contributed by atoms with Gasteiger partial charge in [-0.3, -0.25) is 14.6 Å². The molecule has 0 unspecified atom stereocenters. The highest BCUT2D eigenvalue weighted by molar-refractivity contribution is 5.94. The number of pyridine rings is 1. The molecule has 2 N–H and O–H groups in total. The predicted octanol–water partition coefficient (Wildman–Crippen LogP) is 5.13. The first-order valence-corrected chi connectivity index (χ1v) is 13.4. The second kappa shape index (κ2) is 11.6. The van der Waals surface area contributed by atoms with Crippen molar-refractivity contribution in [3.63, 3.8) is 0 Å². The number of halogens is 3. The molecule has 1 saturated carbocycles. The normalized spacial score (nSPS) is 16.5. The van der Waals surface area contributed by atoms with Crippen molar-refractivity contribution in [3.05, 3.63) is 94.6 Å². The van der Waals surface area contributed by atoms with Crippen LogP contribution in [0.3, 0.4) is 0 Å². The molecule has 1 aliphatic carbocycles. The Morgan fingerprint density at radius 2 is 1.62 bits per heavy atom. The van der Waals surface area contributed by atoms with Crippen LogP contribution in [0.15, 0.2) is 54.7 Å². The van der Waals surface area contributed by atoms with Crippen LogP contribution in [0.25, 0.3) is 0 Å². The lowest BCUT2D eigenvalue weighted by Crippen LogP contribution is -2.50. The van der Waals surface area contributed by atoms with Crippen molar-refractivity contribution >= 4 is 17.5 Å². The Labute approximate surface area is 225 Å². The Hall–Kier alpha value is -3.72. The van der Waals surface area contributed by atoms with Crippen LogP contribution in [0, 0.1) is 17.5 Å². The number of aromatic nitrogens is 1. The number of nitrogens with one attached hydrogen (secondary N) is 2. The van der Waals surface area contributed by atoms with E-state index in [1.165, 1.54) is 12.8 Å². The summed E-state index contributed by atoms with van der Waals surface area (Å²) >= 11 is 0. The van der Waals surface area contributed by atoms with E-state index in [0.29, 0.717) is 17.3 Å². The largest absolute Gasteiger partial charge is 0.342 e. The summed E-state index contributed by atoms with van der Waals surface area (Å²) in [5, 5.41) is 5.76. The van der Waals surface area contributed by atoms with Gasteiger partial charge in [0, 0.05) is 36.1 Å². The van der Waals surface area contributed by atoms with Gasteiger partial charge >= 0.3 is 0 Å². The third-order valence-corrected chi connectivity index (χ3v) is 7.73. The fraction of sp³-hybridized carbons (Fsp3) is 0.367. The lowest BCUT2D eigenvalue weighted by atomic mass is 9.71. The summed E-state index contributed by atoms with van der Waals surface area (Å²) in [6.45, 7) is 3.27. The van der Waals surface area contributed by atoms with E-state index in [1.807, 2.05) is 24.3 Å². The van der Waals surface area contributed by atoms with Crippen molar-refractivity contribution in [1.29, 1.82) is 0 Å². The summed E-state index contributed by atoms with van der Waals surface area (Å²) in [4.78, 5) is 32.3. The van der Waals surface area contributed by atoms with Gasteiger partial charge in [0.2, 0.25) is 5.91 Å².